The van der Waals surface area contributed by atoms with E-state index in [0.29, 0.717) is 5.13 Å². The van der Waals surface area contributed by atoms with Crippen molar-refractivity contribution in [2.45, 2.75) is 58.4 Å². The Balaban J connectivity index is 1.62. The van der Waals surface area contributed by atoms with Crippen molar-refractivity contribution >= 4 is 39.6 Å². The molecule has 0 aliphatic heterocycles. The normalized spacial score (nSPS) is 17.4. The van der Waals surface area contributed by atoms with Crippen LogP contribution in [0.3, 0.4) is 0 Å². The van der Waals surface area contributed by atoms with Gasteiger partial charge in [0.1, 0.15) is 0 Å². The van der Waals surface area contributed by atoms with Crippen molar-refractivity contribution in [2.75, 3.05) is 5.32 Å². The monoisotopic (exact) mass is 391 g/mol. The van der Waals surface area contributed by atoms with Crippen molar-refractivity contribution in [1.29, 1.82) is 0 Å². The van der Waals surface area contributed by atoms with Crippen LogP contribution in [-0.4, -0.2) is 16.8 Å². The van der Waals surface area contributed by atoms with E-state index >= 15 is 0 Å². The van der Waals surface area contributed by atoms with Gasteiger partial charge in [-0.25, -0.2) is 4.98 Å². The smallest absolute Gasteiger partial charge is 0.228 e. The average molecular weight is 392 g/mol. The van der Waals surface area contributed by atoms with Crippen molar-refractivity contribution < 1.29 is 9.59 Å². The maximum Gasteiger partial charge on any atom is 0.228 e. The fourth-order valence-electron chi connectivity index (χ4n) is 3.46. The van der Waals surface area contributed by atoms with Gasteiger partial charge in [-0.05, 0) is 36.6 Å². The lowest BCUT2D eigenvalue weighted by Gasteiger charge is -2.19. The second kappa shape index (κ2) is 8.77. The molecular formula is C19H25N3O2S2. The molecule has 3 rings (SSSR count). The Morgan fingerprint density at radius 3 is 2.96 bits per heavy atom. The van der Waals surface area contributed by atoms with E-state index in [0.717, 1.165) is 29.3 Å². The number of hydrogen-bond acceptors (Lipinski definition) is 5. The number of rotatable bonds is 7. The van der Waals surface area contributed by atoms with Gasteiger partial charge in [-0.15, -0.1) is 22.7 Å². The number of nitrogens with zero attached hydrogens (tertiary/aromatic N) is 1. The van der Waals surface area contributed by atoms with Gasteiger partial charge in [-0.3, -0.25) is 9.59 Å². The molecule has 7 heteroatoms. The number of thiazole rings is 1. The highest BCUT2D eigenvalue weighted by molar-refractivity contribution is 7.15. The summed E-state index contributed by atoms with van der Waals surface area (Å²) in [5.74, 6) is 0.496. The predicted molar refractivity (Wildman–Crippen MR) is 107 cm³/mol. The molecule has 0 spiro atoms. The van der Waals surface area contributed by atoms with Gasteiger partial charge in [0, 0.05) is 16.7 Å². The molecule has 0 aromatic carbocycles. The Bertz CT molecular complexity index is 755. The first-order chi connectivity index (χ1) is 12.5. The van der Waals surface area contributed by atoms with Gasteiger partial charge < -0.3 is 10.6 Å². The maximum atomic E-state index is 12.5. The lowest BCUT2D eigenvalue weighted by Crippen LogP contribution is -2.29. The van der Waals surface area contributed by atoms with Gasteiger partial charge in [0.15, 0.2) is 5.13 Å². The SMILES string of the molecule is CCCC1CCc2nc(NC(=O)CC(NC(C)=O)c3cccs3)sc2C1. The Labute approximate surface area is 162 Å². The molecule has 26 heavy (non-hydrogen) atoms. The number of aryl methyl sites for hydroxylation is 1. The molecule has 2 unspecified atom stereocenters. The number of carbonyl (C=O) groups excluding carboxylic acids is 2. The van der Waals surface area contributed by atoms with Crippen LogP contribution >= 0.6 is 22.7 Å². The number of anilines is 1. The van der Waals surface area contributed by atoms with Crippen LogP contribution in [0.5, 0.6) is 0 Å². The molecule has 1 aliphatic rings. The van der Waals surface area contributed by atoms with E-state index in [4.69, 9.17) is 0 Å². The summed E-state index contributed by atoms with van der Waals surface area (Å²) in [6, 6.07) is 3.57. The highest BCUT2D eigenvalue weighted by atomic mass is 32.1. The van der Waals surface area contributed by atoms with Crippen LogP contribution in [0.4, 0.5) is 5.13 Å². The molecule has 140 valence electrons. The van der Waals surface area contributed by atoms with E-state index < -0.39 is 0 Å². The first-order valence-corrected chi connectivity index (χ1v) is 10.8. The van der Waals surface area contributed by atoms with Crippen LogP contribution in [0.15, 0.2) is 17.5 Å². The molecule has 2 N–H and O–H groups in total. The summed E-state index contributed by atoms with van der Waals surface area (Å²) in [5.41, 5.74) is 1.15. The molecule has 2 heterocycles. The predicted octanol–water partition coefficient (Wildman–Crippen LogP) is 4.32. The van der Waals surface area contributed by atoms with Crippen molar-refractivity contribution in [1.82, 2.24) is 10.3 Å². The number of hydrogen-bond donors (Lipinski definition) is 2. The first kappa shape index (κ1) is 19.0. The summed E-state index contributed by atoms with van der Waals surface area (Å²) in [5, 5.41) is 8.43. The van der Waals surface area contributed by atoms with Gasteiger partial charge in [-0.1, -0.05) is 25.8 Å². The van der Waals surface area contributed by atoms with Crippen LogP contribution in [0.25, 0.3) is 0 Å². The zero-order chi connectivity index (χ0) is 18.5. The van der Waals surface area contributed by atoms with Crippen molar-refractivity contribution in [3.63, 3.8) is 0 Å². The third kappa shape index (κ3) is 4.92. The number of amides is 2. The van der Waals surface area contributed by atoms with Gasteiger partial charge in [0.25, 0.3) is 0 Å². The minimum atomic E-state index is -0.295. The summed E-state index contributed by atoms with van der Waals surface area (Å²) in [4.78, 5) is 30.9. The molecule has 2 amide bonds. The number of aromatic nitrogens is 1. The quantitative estimate of drug-likeness (QED) is 0.738. The standard InChI is InChI=1S/C19H25N3O2S2/c1-3-5-13-7-8-14-17(10-13)26-19(21-14)22-18(24)11-15(20-12(2)23)16-6-4-9-25-16/h4,6,9,13,15H,3,5,7-8,10-11H2,1-2H3,(H,20,23)(H,21,22,24). The summed E-state index contributed by atoms with van der Waals surface area (Å²) < 4.78 is 0. The maximum absolute atomic E-state index is 12.5. The van der Waals surface area contributed by atoms with Crippen LogP contribution in [0.1, 0.15) is 61.0 Å². The molecule has 0 saturated heterocycles. The van der Waals surface area contributed by atoms with Gasteiger partial charge in [0.2, 0.25) is 11.8 Å². The minimum Gasteiger partial charge on any atom is -0.348 e. The topological polar surface area (TPSA) is 71.1 Å². The third-order valence-corrected chi connectivity index (χ3v) is 6.66. The highest BCUT2D eigenvalue weighted by Crippen LogP contribution is 2.34. The average Bonchev–Trinajstić information content (AvgIpc) is 3.22. The Hall–Kier alpha value is -1.73. The number of nitrogens with one attached hydrogen (secondary N) is 2. The molecular weight excluding hydrogens is 366 g/mol. The van der Waals surface area contributed by atoms with E-state index in [1.165, 1.54) is 31.1 Å². The van der Waals surface area contributed by atoms with Gasteiger partial charge in [-0.2, -0.15) is 0 Å². The first-order valence-electron chi connectivity index (χ1n) is 9.14. The molecule has 0 fully saturated rings. The van der Waals surface area contributed by atoms with Crippen LogP contribution in [0, 0.1) is 5.92 Å². The zero-order valence-electron chi connectivity index (χ0n) is 15.2. The lowest BCUT2D eigenvalue weighted by molar-refractivity contribution is -0.120. The lowest BCUT2D eigenvalue weighted by atomic mass is 9.88. The molecule has 1 aliphatic carbocycles. The van der Waals surface area contributed by atoms with E-state index in [9.17, 15) is 9.59 Å². The number of carbonyl (C=O) groups is 2. The Morgan fingerprint density at radius 2 is 2.27 bits per heavy atom. The molecule has 2 atom stereocenters. The minimum absolute atomic E-state index is 0.117. The van der Waals surface area contributed by atoms with Gasteiger partial charge in [0.05, 0.1) is 18.2 Å². The molecule has 0 bridgehead atoms. The molecule has 0 saturated carbocycles. The fraction of sp³-hybridized carbons (Fsp3) is 0.526. The molecule has 0 radical (unpaired) electrons. The molecule has 5 nitrogen and oxygen atoms in total. The van der Waals surface area contributed by atoms with Crippen LogP contribution in [-0.2, 0) is 22.4 Å². The highest BCUT2D eigenvalue weighted by Gasteiger charge is 2.23. The van der Waals surface area contributed by atoms with Crippen molar-refractivity contribution in [2.24, 2.45) is 5.92 Å². The second-order valence-corrected chi connectivity index (χ2v) is 8.87. The molecule has 2 aromatic rings. The third-order valence-electron chi connectivity index (χ3n) is 4.64. The summed E-state index contributed by atoms with van der Waals surface area (Å²) in [6.07, 6.45) is 5.98. The summed E-state index contributed by atoms with van der Waals surface area (Å²) in [6.45, 7) is 3.70. The summed E-state index contributed by atoms with van der Waals surface area (Å²) >= 11 is 3.14. The van der Waals surface area contributed by atoms with Crippen LogP contribution in [0.2, 0.25) is 0 Å². The number of thiophene rings is 1. The van der Waals surface area contributed by atoms with Crippen molar-refractivity contribution in [3.05, 3.63) is 33.0 Å². The zero-order valence-corrected chi connectivity index (χ0v) is 16.8. The fourth-order valence-corrected chi connectivity index (χ4v) is 5.38. The van der Waals surface area contributed by atoms with E-state index in [-0.39, 0.29) is 24.3 Å². The second-order valence-electron chi connectivity index (χ2n) is 6.81. The molecule has 2 aromatic heterocycles. The van der Waals surface area contributed by atoms with E-state index in [2.05, 4.69) is 22.5 Å². The Morgan fingerprint density at radius 1 is 1.42 bits per heavy atom. The van der Waals surface area contributed by atoms with Crippen LogP contribution < -0.4 is 10.6 Å². The van der Waals surface area contributed by atoms with E-state index in [1.54, 1.807) is 22.7 Å². The Kier molecular flexibility index (Phi) is 6.43. The largest absolute Gasteiger partial charge is 0.348 e. The van der Waals surface area contributed by atoms with Gasteiger partial charge >= 0.3 is 0 Å². The number of fused-ring (bicyclic) bond motifs is 1. The van der Waals surface area contributed by atoms with Crippen molar-refractivity contribution in [3.8, 4) is 0 Å². The van der Waals surface area contributed by atoms with E-state index in [1.807, 2.05) is 17.5 Å². The summed E-state index contributed by atoms with van der Waals surface area (Å²) in [7, 11) is 0.